The highest BCUT2D eigenvalue weighted by Crippen LogP contribution is 2.29. The molecule has 2 amide bonds. The summed E-state index contributed by atoms with van der Waals surface area (Å²) in [6.07, 6.45) is -4.43. The highest BCUT2D eigenvalue weighted by molar-refractivity contribution is 5.96. The normalized spacial score (nSPS) is 14.9. The lowest BCUT2D eigenvalue weighted by molar-refractivity contribution is -0.137. The van der Waals surface area contributed by atoms with Crippen LogP contribution < -0.4 is 0 Å². The molecule has 28 heavy (non-hydrogen) atoms. The van der Waals surface area contributed by atoms with E-state index in [-0.39, 0.29) is 17.4 Å². The Morgan fingerprint density at radius 1 is 0.750 bits per heavy atom. The standard InChI is InChI=1S/C21H21F3N2O2/c1-14-3-4-17(13-15(14)2)20(28)26-11-9-25(10-12-26)19(27)16-5-7-18(8-6-16)21(22,23)24/h3-8,13H,9-12H2,1-2H3. The number of carbonyl (C=O) groups excluding carboxylic acids is 2. The Labute approximate surface area is 161 Å². The zero-order valence-corrected chi connectivity index (χ0v) is 15.7. The van der Waals surface area contributed by atoms with Gasteiger partial charge in [-0.1, -0.05) is 6.07 Å². The van der Waals surface area contributed by atoms with Crippen molar-refractivity contribution in [3.8, 4) is 0 Å². The van der Waals surface area contributed by atoms with E-state index in [1.54, 1.807) is 15.9 Å². The summed E-state index contributed by atoms with van der Waals surface area (Å²) in [5.74, 6) is -0.406. The van der Waals surface area contributed by atoms with Crippen LogP contribution in [0.5, 0.6) is 0 Å². The molecule has 0 aromatic heterocycles. The molecule has 0 unspecified atom stereocenters. The minimum atomic E-state index is -4.43. The number of alkyl halides is 3. The molecule has 7 heteroatoms. The third kappa shape index (κ3) is 4.18. The maximum atomic E-state index is 12.7. The van der Waals surface area contributed by atoms with Crippen LogP contribution in [0.1, 0.15) is 37.4 Å². The van der Waals surface area contributed by atoms with Crippen molar-refractivity contribution in [2.24, 2.45) is 0 Å². The summed E-state index contributed by atoms with van der Waals surface area (Å²) in [5, 5.41) is 0. The van der Waals surface area contributed by atoms with Crippen LogP contribution in [-0.4, -0.2) is 47.8 Å². The van der Waals surface area contributed by atoms with Crippen LogP contribution in [0.2, 0.25) is 0 Å². The molecule has 0 N–H and O–H groups in total. The van der Waals surface area contributed by atoms with E-state index in [1.807, 2.05) is 26.0 Å². The third-order valence-corrected chi connectivity index (χ3v) is 5.07. The van der Waals surface area contributed by atoms with Crippen molar-refractivity contribution < 1.29 is 22.8 Å². The second kappa shape index (κ2) is 7.66. The number of hydrogen-bond donors (Lipinski definition) is 0. The molecular weight excluding hydrogens is 369 g/mol. The van der Waals surface area contributed by atoms with Gasteiger partial charge in [0.05, 0.1) is 5.56 Å². The molecule has 2 aromatic rings. The summed E-state index contributed by atoms with van der Waals surface area (Å²) in [6.45, 7) is 5.39. The molecule has 0 spiro atoms. The van der Waals surface area contributed by atoms with Gasteiger partial charge in [-0.05, 0) is 61.4 Å². The van der Waals surface area contributed by atoms with Crippen LogP contribution in [0.25, 0.3) is 0 Å². The fourth-order valence-electron chi connectivity index (χ4n) is 3.15. The zero-order chi connectivity index (χ0) is 20.5. The van der Waals surface area contributed by atoms with Gasteiger partial charge in [0.2, 0.25) is 0 Å². The number of rotatable bonds is 2. The molecule has 0 atom stereocenters. The van der Waals surface area contributed by atoms with E-state index in [2.05, 4.69) is 0 Å². The summed E-state index contributed by atoms with van der Waals surface area (Å²) in [7, 11) is 0. The minimum Gasteiger partial charge on any atom is -0.335 e. The molecule has 0 saturated carbocycles. The Balaban J connectivity index is 1.62. The fraction of sp³-hybridized carbons (Fsp3) is 0.333. The van der Waals surface area contributed by atoms with Crippen LogP contribution in [0.15, 0.2) is 42.5 Å². The van der Waals surface area contributed by atoms with Crippen molar-refractivity contribution in [3.63, 3.8) is 0 Å². The second-order valence-corrected chi connectivity index (χ2v) is 6.96. The average Bonchev–Trinajstić information content (AvgIpc) is 2.68. The van der Waals surface area contributed by atoms with Crippen LogP contribution in [0.4, 0.5) is 13.2 Å². The van der Waals surface area contributed by atoms with E-state index in [0.717, 1.165) is 23.3 Å². The summed E-state index contributed by atoms with van der Waals surface area (Å²) in [5.41, 5.74) is 2.20. The fourth-order valence-corrected chi connectivity index (χ4v) is 3.15. The summed E-state index contributed by atoms with van der Waals surface area (Å²) in [6, 6.07) is 9.77. The predicted molar refractivity (Wildman–Crippen MR) is 99.2 cm³/mol. The van der Waals surface area contributed by atoms with Crippen LogP contribution >= 0.6 is 0 Å². The Bertz CT molecular complexity index is 884. The Hall–Kier alpha value is -2.83. The molecule has 1 heterocycles. The monoisotopic (exact) mass is 390 g/mol. The summed E-state index contributed by atoms with van der Waals surface area (Å²) >= 11 is 0. The Kier molecular flexibility index (Phi) is 5.45. The first kappa shape index (κ1) is 19.9. The number of hydrogen-bond acceptors (Lipinski definition) is 2. The number of aryl methyl sites for hydroxylation is 2. The van der Waals surface area contributed by atoms with E-state index in [4.69, 9.17) is 0 Å². The van der Waals surface area contributed by atoms with Gasteiger partial charge in [-0.2, -0.15) is 13.2 Å². The largest absolute Gasteiger partial charge is 0.416 e. The molecule has 0 aliphatic carbocycles. The predicted octanol–water partition coefficient (Wildman–Crippen LogP) is 3.92. The van der Waals surface area contributed by atoms with Gasteiger partial charge < -0.3 is 9.80 Å². The molecule has 1 aliphatic heterocycles. The summed E-state index contributed by atoms with van der Waals surface area (Å²) in [4.78, 5) is 28.4. The highest BCUT2D eigenvalue weighted by Gasteiger charge is 2.31. The third-order valence-electron chi connectivity index (χ3n) is 5.07. The molecule has 0 radical (unpaired) electrons. The molecular formula is C21H21F3N2O2. The van der Waals surface area contributed by atoms with Gasteiger partial charge in [-0.15, -0.1) is 0 Å². The molecule has 0 bridgehead atoms. The first-order valence-electron chi connectivity index (χ1n) is 9.00. The van der Waals surface area contributed by atoms with Crippen LogP contribution in [0.3, 0.4) is 0 Å². The molecule has 4 nitrogen and oxygen atoms in total. The van der Waals surface area contributed by atoms with Crippen molar-refractivity contribution in [1.82, 2.24) is 9.80 Å². The van der Waals surface area contributed by atoms with E-state index in [9.17, 15) is 22.8 Å². The van der Waals surface area contributed by atoms with E-state index in [1.165, 1.54) is 12.1 Å². The SMILES string of the molecule is Cc1ccc(C(=O)N2CCN(C(=O)c3ccc(C(F)(F)F)cc3)CC2)cc1C. The number of benzene rings is 2. The number of halogens is 3. The molecule has 1 aliphatic rings. The van der Waals surface area contributed by atoms with Gasteiger partial charge in [0.1, 0.15) is 0 Å². The molecule has 1 saturated heterocycles. The van der Waals surface area contributed by atoms with Crippen molar-refractivity contribution in [3.05, 3.63) is 70.3 Å². The molecule has 1 fully saturated rings. The van der Waals surface area contributed by atoms with Crippen molar-refractivity contribution in [2.75, 3.05) is 26.2 Å². The average molecular weight is 390 g/mol. The Morgan fingerprint density at radius 3 is 1.68 bits per heavy atom. The number of piperazine rings is 1. The first-order chi connectivity index (χ1) is 13.2. The van der Waals surface area contributed by atoms with Gasteiger partial charge in [0, 0.05) is 37.3 Å². The van der Waals surface area contributed by atoms with Crippen molar-refractivity contribution in [1.29, 1.82) is 0 Å². The maximum absolute atomic E-state index is 12.7. The second-order valence-electron chi connectivity index (χ2n) is 6.96. The number of amides is 2. The summed E-state index contributed by atoms with van der Waals surface area (Å²) < 4.78 is 37.9. The van der Waals surface area contributed by atoms with Crippen molar-refractivity contribution >= 4 is 11.8 Å². The number of carbonyl (C=O) groups is 2. The topological polar surface area (TPSA) is 40.6 Å². The molecule has 148 valence electrons. The zero-order valence-electron chi connectivity index (χ0n) is 15.7. The quantitative estimate of drug-likeness (QED) is 0.780. The van der Waals surface area contributed by atoms with Crippen LogP contribution in [-0.2, 0) is 6.18 Å². The molecule has 3 rings (SSSR count). The van der Waals surface area contributed by atoms with E-state index in [0.29, 0.717) is 31.7 Å². The number of nitrogens with zero attached hydrogens (tertiary/aromatic N) is 2. The lowest BCUT2D eigenvalue weighted by Crippen LogP contribution is -2.50. The lowest BCUT2D eigenvalue weighted by atomic mass is 10.1. The highest BCUT2D eigenvalue weighted by atomic mass is 19.4. The van der Waals surface area contributed by atoms with Gasteiger partial charge in [0.25, 0.3) is 11.8 Å². The first-order valence-corrected chi connectivity index (χ1v) is 9.00. The van der Waals surface area contributed by atoms with Gasteiger partial charge in [0.15, 0.2) is 0 Å². The smallest absolute Gasteiger partial charge is 0.335 e. The van der Waals surface area contributed by atoms with Crippen molar-refractivity contribution in [2.45, 2.75) is 20.0 Å². The van der Waals surface area contributed by atoms with E-state index < -0.39 is 11.7 Å². The van der Waals surface area contributed by atoms with Gasteiger partial charge in [-0.25, -0.2) is 0 Å². The molecule has 2 aromatic carbocycles. The minimum absolute atomic E-state index is 0.0790. The lowest BCUT2D eigenvalue weighted by Gasteiger charge is -2.35. The van der Waals surface area contributed by atoms with Gasteiger partial charge in [-0.3, -0.25) is 9.59 Å². The van der Waals surface area contributed by atoms with E-state index >= 15 is 0 Å². The maximum Gasteiger partial charge on any atom is 0.416 e. The Morgan fingerprint density at radius 2 is 1.21 bits per heavy atom. The van der Waals surface area contributed by atoms with Gasteiger partial charge >= 0.3 is 6.18 Å². The van der Waals surface area contributed by atoms with Crippen LogP contribution in [0, 0.1) is 13.8 Å².